The Hall–Kier alpha value is -3.42. The van der Waals surface area contributed by atoms with Crippen molar-refractivity contribution in [3.05, 3.63) is 54.1 Å². The van der Waals surface area contributed by atoms with Crippen molar-refractivity contribution >= 4 is 28.8 Å². The SMILES string of the molecule is O=C(O)Cn1nnc2cc(NC(=O)OCc3ccccc3)ccc21. The summed E-state index contributed by atoms with van der Waals surface area (Å²) in [7, 11) is 0. The number of aliphatic carboxylic acids is 1. The number of anilines is 1. The highest BCUT2D eigenvalue weighted by molar-refractivity contribution is 5.88. The monoisotopic (exact) mass is 326 g/mol. The van der Waals surface area contributed by atoms with Crippen LogP contribution in [0.25, 0.3) is 11.0 Å². The highest BCUT2D eigenvalue weighted by Gasteiger charge is 2.10. The van der Waals surface area contributed by atoms with Gasteiger partial charge >= 0.3 is 12.1 Å². The Morgan fingerprint density at radius 2 is 1.96 bits per heavy atom. The third kappa shape index (κ3) is 3.67. The first-order valence-corrected chi connectivity index (χ1v) is 7.14. The smallest absolute Gasteiger partial charge is 0.411 e. The molecule has 0 fully saturated rings. The van der Waals surface area contributed by atoms with E-state index in [1.165, 1.54) is 4.68 Å². The number of hydrogen-bond acceptors (Lipinski definition) is 5. The lowest BCUT2D eigenvalue weighted by atomic mass is 10.2. The van der Waals surface area contributed by atoms with Crippen molar-refractivity contribution in [3.8, 4) is 0 Å². The number of aromatic nitrogens is 3. The van der Waals surface area contributed by atoms with E-state index in [4.69, 9.17) is 9.84 Å². The fourth-order valence-electron chi connectivity index (χ4n) is 2.17. The molecule has 1 aromatic heterocycles. The topological polar surface area (TPSA) is 106 Å². The van der Waals surface area contributed by atoms with Crippen LogP contribution in [0.4, 0.5) is 10.5 Å². The van der Waals surface area contributed by atoms with Crippen LogP contribution in [-0.2, 0) is 22.7 Å². The van der Waals surface area contributed by atoms with Gasteiger partial charge in [0.1, 0.15) is 18.7 Å². The van der Waals surface area contributed by atoms with Crippen molar-refractivity contribution in [1.29, 1.82) is 0 Å². The van der Waals surface area contributed by atoms with E-state index >= 15 is 0 Å². The van der Waals surface area contributed by atoms with Gasteiger partial charge in [-0.2, -0.15) is 0 Å². The first-order valence-electron chi connectivity index (χ1n) is 7.14. The minimum atomic E-state index is -1.01. The summed E-state index contributed by atoms with van der Waals surface area (Å²) in [5.74, 6) is -1.01. The summed E-state index contributed by atoms with van der Waals surface area (Å²) >= 11 is 0. The van der Waals surface area contributed by atoms with E-state index in [0.717, 1.165) is 5.56 Å². The second-order valence-corrected chi connectivity index (χ2v) is 5.03. The summed E-state index contributed by atoms with van der Waals surface area (Å²) in [6.07, 6.45) is -0.587. The van der Waals surface area contributed by atoms with Crippen LogP contribution < -0.4 is 5.32 Å². The molecule has 0 radical (unpaired) electrons. The zero-order valence-electron chi connectivity index (χ0n) is 12.5. The van der Waals surface area contributed by atoms with E-state index in [1.54, 1.807) is 18.2 Å². The molecule has 0 saturated carbocycles. The molecule has 122 valence electrons. The maximum atomic E-state index is 11.8. The first-order chi connectivity index (χ1) is 11.6. The average Bonchev–Trinajstić information content (AvgIpc) is 2.95. The van der Waals surface area contributed by atoms with Crippen molar-refractivity contribution in [2.24, 2.45) is 0 Å². The fourth-order valence-corrected chi connectivity index (χ4v) is 2.17. The Kier molecular flexibility index (Phi) is 4.37. The van der Waals surface area contributed by atoms with Crippen molar-refractivity contribution in [3.63, 3.8) is 0 Å². The second-order valence-electron chi connectivity index (χ2n) is 5.03. The number of rotatable bonds is 5. The van der Waals surface area contributed by atoms with Crippen LogP contribution in [-0.4, -0.2) is 32.2 Å². The number of carbonyl (C=O) groups excluding carboxylic acids is 1. The molecule has 0 aliphatic rings. The lowest BCUT2D eigenvalue weighted by molar-refractivity contribution is -0.137. The molecule has 3 aromatic rings. The molecule has 0 aliphatic carbocycles. The van der Waals surface area contributed by atoms with Crippen LogP contribution >= 0.6 is 0 Å². The normalized spacial score (nSPS) is 10.5. The van der Waals surface area contributed by atoms with E-state index in [9.17, 15) is 9.59 Å². The lowest BCUT2D eigenvalue weighted by Crippen LogP contribution is -2.13. The molecule has 0 aliphatic heterocycles. The maximum Gasteiger partial charge on any atom is 0.411 e. The molecule has 2 aromatic carbocycles. The highest BCUT2D eigenvalue weighted by Crippen LogP contribution is 2.17. The average molecular weight is 326 g/mol. The number of hydrogen-bond donors (Lipinski definition) is 2. The van der Waals surface area contributed by atoms with Gasteiger partial charge in [0.05, 0.1) is 5.52 Å². The minimum absolute atomic E-state index is 0.170. The Labute approximate surface area is 136 Å². The molecule has 8 nitrogen and oxygen atoms in total. The molecule has 24 heavy (non-hydrogen) atoms. The van der Waals surface area contributed by atoms with E-state index in [0.29, 0.717) is 16.7 Å². The van der Waals surface area contributed by atoms with Gasteiger partial charge in [0, 0.05) is 5.69 Å². The molecule has 0 atom stereocenters. The number of carboxylic acid groups (broad SMARTS) is 1. The summed E-state index contributed by atoms with van der Waals surface area (Å²) in [5, 5.41) is 19.1. The van der Waals surface area contributed by atoms with Crippen molar-refractivity contribution in [2.45, 2.75) is 13.2 Å². The van der Waals surface area contributed by atoms with Gasteiger partial charge < -0.3 is 9.84 Å². The Morgan fingerprint density at radius 3 is 2.71 bits per heavy atom. The number of fused-ring (bicyclic) bond motifs is 1. The fraction of sp³-hybridized carbons (Fsp3) is 0.125. The van der Waals surface area contributed by atoms with Gasteiger partial charge in [-0.15, -0.1) is 5.10 Å². The Morgan fingerprint density at radius 1 is 1.17 bits per heavy atom. The molecular formula is C16H14N4O4. The van der Waals surface area contributed by atoms with E-state index in [1.807, 2.05) is 30.3 Å². The third-order valence-corrected chi connectivity index (χ3v) is 3.26. The van der Waals surface area contributed by atoms with Gasteiger partial charge in [-0.1, -0.05) is 35.5 Å². The van der Waals surface area contributed by atoms with Gasteiger partial charge in [-0.25, -0.2) is 9.48 Å². The summed E-state index contributed by atoms with van der Waals surface area (Å²) in [5.41, 5.74) is 2.43. The molecule has 2 N–H and O–H groups in total. The van der Waals surface area contributed by atoms with Gasteiger partial charge in [-0.05, 0) is 23.8 Å². The quantitative estimate of drug-likeness (QED) is 0.745. The second kappa shape index (κ2) is 6.78. The summed E-state index contributed by atoms with van der Waals surface area (Å²) < 4.78 is 6.41. The van der Waals surface area contributed by atoms with Crippen LogP contribution in [0.3, 0.4) is 0 Å². The van der Waals surface area contributed by atoms with Crippen LogP contribution in [0, 0.1) is 0 Å². The van der Waals surface area contributed by atoms with Gasteiger partial charge in [0.15, 0.2) is 0 Å². The minimum Gasteiger partial charge on any atom is -0.480 e. The van der Waals surface area contributed by atoms with Crippen LogP contribution in [0.2, 0.25) is 0 Å². The lowest BCUT2D eigenvalue weighted by Gasteiger charge is -2.07. The third-order valence-electron chi connectivity index (χ3n) is 3.26. The first kappa shape index (κ1) is 15.5. The predicted molar refractivity (Wildman–Crippen MR) is 85.4 cm³/mol. The molecule has 0 bridgehead atoms. The van der Waals surface area contributed by atoms with Gasteiger partial charge in [0.2, 0.25) is 0 Å². The summed E-state index contributed by atoms with van der Waals surface area (Å²) in [4.78, 5) is 22.6. The summed E-state index contributed by atoms with van der Waals surface area (Å²) in [6, 6.07) is 14.2. The van der Waals surface area contributed by atoms with Crippen LogP contribution in [0.5, 0.6) is 0 Å². The Bertz CT molecular complexity index is 876. The van der Waals surface area contributed by atoms with Crippen molar-refractivity contribution in [2.75, 3.05) is 5.32 Å². The number of carbonyl (C=O) groups is 2. The molecule has 1 amide bonds. The molecule has 0 saturated heterocycles. The molecule has 0 unspecified atom stereocenters. The molecule has 1 heterocycles. The van der Waals surface area contributed by atoms with Crippen LogP contribution in [0.15, 0.2) is 48.5 Å². The van der Waals surface area contributed by atoms with Gasteiger partial charge in [0.25, 0.3) is 0 Å². The molecule has 0 spiro atoms. The number of ether oxygens (including phenoxy) is 1. The van der Waals surface area contributed by atoms with Gasteiger partial charge in [-0.3, -0.25) is 10.1 Å². The molecule has 8 heteroatoms. The zero-order chi connectivity index (χ0) is 16.9. The zero-order valence-corrected chi connectivity index (χ0v) is 12.5. The number of amides is 1. The number of carboxylic acids is 1. The van der Waals surface area contributed by atoms with Crippen molar-refractivity contribution < 1.29 is 19.4 Å². The summed E-state index contributed by atoms with van der Waals surface area (Å²) in [6.45, 7) is -0.105. The predicted octanol–water partition coefficient (Wildman–Crippen LogP) is 2.26. The maximum absolute atomic E-state index is 11.8. The van der Waals surface area contributed by atoms with E-state index in [-0.39, 0.29) is 13.2 Å². The number of nitrogens with zero attached hydrogens (tertiary/aromatic N) is 3. The standard InChI is InChI=1S/C16H14N4O4/c21-15(22)9-20-14-7-6-12(8-13(14)18-19-20)17-16(23)24-10-11-4-2-1-3-5-11/h1-8H,9-10H2,(H,17,23)(H,21,22). The van der Waals surface area contributed by atoms with Crippen molar-refractivity contribution in [1.82, 2.24) is 15.0 Å². The molecule has 3 rings (SSSR count). The molecular weight excluding hydrogens is 312 g/mol. The number of nitrogens with one attached hydrogen (secondary N) is 1. The Balaban J connectivity index is 1.64. The van der Waals surface area contributed by atoms with Crippen LogP contribution in [0.1, 0.15) is 5.56 Å². The highest BCUT2D eigenvalue weighted by atomic mass is 16.5. The van der Waals surface area contributed by atoms with E-state index < -0.39 is 12.1 Å². The van der Waals surface area contributed by atoms with E-state index in [2.05, 4.69) is 15.6 Å². The number of benzene rings is 2. The largest absolute Gasteiger partial charge is 0.480 e.